The third kappa shape index (κ3) is 2.87. The Morgan fingerprint density at radius 1 is 1.00 bits per heavy atom. The van der Waals surface area contributed by atoms with Crippen LogP contribution in [0.1, 0.15) is 0 Å². The molecule has 1 aromatic rings. The molecule has 0 aromatic heterocycles. The fourth-order valence-corrected chi connectivity index (χ4v) is 4.33. The standard InChI is InChI=1S/C6H3Cl4NO4S2/c7-1-2(8)5(16(12)13)4(10)6(3(1)9)17(11,14)15/h(H,12,13)(H2,11,14,15). The third-order valence-electron chi connectivity index (χ3n) is 1.64. The molecule has 0 spiro atoms. The van der Waals surface area contributed by atoms with Crippen LogP contribution in [0, 0.1) is 0 Å². The molecule has 0 aliphatic rings. The van der Waals surface area contributed by atoms with Gasteiger partial charge in [-0.1, -0.05) is 46.4 Å². The topological polar surface area (TPSA) is 97.5 Å². The molecule has 1 rings (SSSR count). The molecule has 0 heterocycles. The minimum absolute atomic E-state index is 0.407. The van der Waals surface area contributed by atoms with Gasteiger partial charge in [0, 0.05) is 0 Å². The molecule has 0 bridgehead atoms. The molecule has 0 saturated heterocycles. The fraction of sp³-hybridized carbons (Fsp3) is 0. The van der Waals surface area contributed by atoms with Crippen molar-refractivity contribution in [1.29, 1.82) is 0 Å². The van der Waals surface area contributed by atoms with Gasteiger partial charge in [-0.2, -0.15) is 0 Å². The summed E-state index contributed by atoms with van der Waals surface area (Å²) in [5.74, 6) is 0. The molecule has 5 nitrogen and oxygen atoms in total. The number of nitrogens with two attached hydrogens (primary N) is 1. The molecule has 11 heteroatoms. The van der Waals surface area contributed by atoms with Gasteiger partial charge in [-0.3, -0.25) is 0 Å². The van der Waals surface area contributed by atoms with E-state index in [1.807, 2.05) is 0 Å². The summed E-state index contributed by atoms with van der Waals surface area (Å²) in [5.41, 5.74) is 0. The predicted octanol–water partition coefficient (Wildman–Crippen LogP) is 2.53. The van der Waals surface area contributed by atoms with Crippen LogP contribution in [0.4, 0.5) is 0 Å². The summed E-state index contributed by atoms with van der Waals surface area (Å²) < 4.78 is 42.4. The minimum atomic E-state index is -4.31. The quantitative estimate of drug-likeness (QED) is 0.482. The number of sulfonamides is 1. The maximum absolute atomic E-state index is 11.2. The molecular formula is C6H3Cl4NO4S2. The van der Waals surface area contributed by atoms with Gasteiger partial charge >= 0.3 is 0 Å². The summed E-state index contributed by atoms with van der Waals surface area (Å²) in [6.45, 7) is 0. The first-order chi connectivity index (χ1) is 7.59. The lowest BCUT2D eigenvalue weighted by Crippen LogP contribution is -2.15. The Kier molecular flexibility index (Phi) is 4.71. The van der Waals surface area contributed by atoms with Crippen LogP contribution < -0.4 is 5.14 Å². The lowest BCUT2D eigenvalue weighted by molar-refractivity contribution is 0.564. The minimum Gasteiger partial charge on any atom is -0.302 e. The summed E-state index contributed by atoms with van der Waals surface area (Å²) in [7, 11) is -4.31. The lowest BCUT2D eigenvalue weighted by Gasteiger charge is -2.11. The Morgan fingerprint density at radius 3 is 1.82 bits per heavy atom. The van der Waals surface area contributed by atoms with E-state index >= 15 is 0 Å². The monoisotopic (exact) mass is 357 g/mol. The van der Waals surface area contributed by atoms with Gasteiger partial charge in [-0.25, -0.2) is 17.8 Å². The first-order valence-corrected chi connectivity index (χ1v) is 7.75. The zero-order chi connectivity index (χ0) is 13.5. The van der Waals surface area contributed by atoms with Crippen molar-refractivity contribution in [2.45, 2.75) is 9.79 Å². The number of benzene rings is 1. The average molecular weight is 359 g/mol. The average Bonchev–Trinajstić information content (AvgIpc) is 2.11. The van der Waals surface area contributed by atoms with Gasteiger partial charge in [0.1, 0.15) is 9.79 Å². The van der Waals surface area contributed by atoms with Crippen LogP contribution in [0.5, 0.6) is 0 Å². The molecule has 0 radical (unpaired) electrons. The van der Waals surface area contributed by atoms with Gasteiger partial charge < -0.3 is 4.55 Å². The van der Waals surface area contributed by atoms with Gasteiger partial charge in [0.25, 0.3) is 0 Å². The number of hydrogen-bond acceptors (Lipinski definition) is 3. The van der Waals surface area contributed by atoms with E-state index in [0.717, 1.165) is 0 Å². The smallest absolute Gasteiger partial charge is 0.241 e. The van der Waals surface area contributed by atoms with Crippen LogP contribution >= 0.6 is 46.4 Å². The predicted molar refractivity (Wildman–Crippen MR) is 66.9 cm³/mol. The number of halogens is 4. The van der Waals surface area contributed by atoms with E-state index in [4.69, 9.17) is 56.1 Å². The molecule has 1 unspecified atom stereocenters. The highest BCUT2D eigenvalue weighted by atomic mass is 35.5. The van der Waals surface area contributed by atoms with Crippen LogP contribution in [0.3, 0.4) is 0 Å². The molecule has 0 aliphatic carbocycles. The van der Waals surface area contributed by atoms with E-state index in [0.29, 0.717) is 0 Å². The molecule has 1 atom stereocenters. The van der Waals surface area contributed by atoms with Crippen molar-refractivity contribution >= 4 is 67.5 Å². The highest BCUT2D eigenvalue weighted by Gasteiger charge is 2.28. The Hall–Kier alpha value is 0.400. The van der Waals surface area contributed by atoms with E-state index in [9.17, 15) is 12.6 Å². The second-order valence-corrected chi connectivity index (χ2v) is 6.63. The van der Waals surface area contributed by atoms with E-state index in [-0.39, 0.29) is 0 Å². The molecule has 1 aromatic carbocycles. The fourth-order valence-electron chi connectivity index (χ4n) is 0.995. The van der Waals surface area contributed by atoms with Crippen molar-refractivity contribution in [2.24, 2.45) is 5.14 Å². The van der Waals surface area contributed by atoms with Crippen LogP contribution in [0.25, 0.3) is 0 Å². The molecule has 0 aliphatic heterocycles. The largest absolute Gasteiger partial charge is 0.302 e. The summed E-state index contributed by atoms with van der Waals surface area (Å²) >= 11 is 19.9. The number of hydrogen-bond donors (Lipinski definition) is 2. The maximum Gasteiger partial charge on any atom is 0.241 e. The second-order valence-electron chi connectivity index (χ2n) is 2.71. The number of primary sulfonamides is 1. The van der Waals surface area contributed by atoms with Crippen molar-refractivity contribution in [3.05, 3.63) is 20.1 Å². The van der Waals surface area contributed by atoms with Crippen LogP contribution in [0.15, 0.2) is 9.79 Å². The van der Waals surface area contributed by atoms with E-state index < -0.39 is 51.0 Å². The maximum atomic E-state index is 11.2. The third-order valence-corrected chi connectivity index (χ3v) is 5.53. The van der Waals surface area contributed by atoms with Crippen molar-refractivity contribution in [2.75, 3.05) is 0 Å². The van der Waals surface area contributed by atoms with Crippen LogP contribution in [0.2, 0.25) is 20.1 Å². The SMILES string of the molecule is NS(=O)(=O)c1c(Cl)c(Cl)c(Cl)c(S(=O)O)c1Cl. The van der Waals surface area contributed by atoms with Gasteiger partial charge in [-0.05, 0) is 0 Å². The molecule has 96 valence electrons. The Balaban J connectivity index is 3.95. The molecule has 0 amide bonds. The molecular weight excluding hydrogens is 356 g/mol. The summed E-state index contributed by atoms with van der Waals surface area (Å²) in [6.07, 6.45) is 0. The summed E-state index contributed by atoms with van der Waals surface area (Å²) in [5, 5.41) is 2.91. The van der Waals surface area contributed by atoms with Crippen LogP contribution in [-0.4, -0.2) is 17.2 Å². The molecule has 17 heavy (non-hydrogen) atoms. The normalized spacial score (nSPS) is 13.8. The van der Waals surface area contributed by atoms with Crippen molar-refractivity contribution in [3.8, 4) is 0 Å². The second kappa shape index (κ2) is 5.18. The zero-order valence-corrected chi connectivity index (χ0v) is 12.2. The lowest BCUT2D eigenvalue weighted by atomic mass is 10.3. The first kappa shape index (κ1) is 15.5. The van der Waals surface area contributed by atoms with Crippen molar-refractivity contribution in [3.63, 3.8) is 0 Å². The zero-order valence-electron chi connectivity index (χ0n) is 7.58. The van der Waals surface area contributed by atoms with Crippen molar-refractivity contribution < 1.29 is 17.2 Å². The van der Waals surface area contributed by atoms with Gasteiger partial charge in [0.15, 0.2) is 11.1 Å². The van der Waals surface area contributed by atoms with Gasteiger partial charge in [-0.15, -0.1) is 0 Å². The highest BCUT2D eigenvalue weighted by Crippen LogP contribution is 2.44. The Labute approximate surface area is 119 Å². The Morgan fingerprint density at radius 2 is 1.47 bits per heavy atom. The Bertz CT molecular complexity index is 615. The van der Waals surface area contributed by atoms with Crippen molar-refractivity contribution in [1.82, 2.24) is 0 Å². The molecule has 3 N–H and O–H groups in total. The summed E-state index contributed by atoms with van der Waals surface area (Å²) in [4.78, 5) is -1.31. The van der Waals surface area contributed by atoms with E-state index in [1.165, 1.54) is 0 Å². The first-order valence-electron chi connectivity index (χ1n) is 3.58. The highest BCUT2D eigenvalue weighted by molar-refractivity contribution is 7.89. The van der Waals surface area contributed by atoms with Crippen LogP contribution in [-0.2, 0) is 21.1 Å². The van der Waals surface area contributed by atoms with E-state index in [1.54, 1.807) is 0 Å². The molecule has 0 saturated carbocycles. The molecule has 0 fully saturated rings. The number of rotatable bonds is 2. The van der Waals surface area contributed by atoms with Gasteiger partial charge in [0.2, 0.25) is 10.0 Å². The van der Waals surface area contributed by atoms with E-state index in [2.05, 4.69) is 0 Å². The summed E-state index contributed by atoms with van der Waals surface area (Å²) in [6, 6.07) is 0. The van der Waals surface area contributed by atoms with Gasteiger partial charge in [0.05, 0.1) is 20.1 Å².